The molecule has 1 aromatic carbocycles. The zero-order chi connectivity index (χ0) is 11.4. The molecule has 1 aromatic heterocycles. The van der Waals surface area contributed by atoms with Crippen LogP contribution in [0, 0.1) is 0 Å². The number of hydrogen-bond acceptors (Lipinski definition) is 3. The largest absolute Gasteiger partial charge is 0.255 e. The van der Waals surface area contributed by atoms with Gasteiger partial charge in [-0.05, 0) is 30.4 Å². The maximum Gasteiger partial charge on any atom is 0.0848 e. The van der Waals surface area contributed by atoms with Crippen molar-refractivity contribution < 1.29 is 0 Å². The minimum absolute atomic E-state index is 1.00. The van der Waals surface area contributed by atoms with Crippen LogP contribution in [0.3, 0.4) is 0 Å². The fourth-order valence-corrected chi connectivity index (χ4v) is 2.95. The third kappa shape index (κ3) is 2.53. The highest BCUT2D eigenvalue weighted by Crippen LogP contribution is 2.30. The Balaban J connectivity index is 2.35. The first-order chi connectivity index (χ1) is 7.83. The summed E-state index contributed by atoms with van der Waals surface area (Å²) >= 11 is 6.34. The van der Waals surface area contributed by atoms with Crippen molar-refractivity contribution in [2.75, 3.05) is 5.75 Å². The first-order valence-corrected chi connectivity index (χ1v) is 6.95. The summed E-state index contributed by atoms with van der Waals surface area (Å²) in [6.45, 7) is 2.22. The lowest BCUT2D eigenvalue weighted by Gasteiger charge is -2.06. The Labute approximate surface area is 106 Å². The molecule has 0 radical (unpaired) electrons. The van der Waals surface area contributed by atoms with E-state index in [2.05, 4.69) is 42.7 Å². The topological polar surface area (TPSA) is 12.9 Å². The fraction of sp³-hybridized carbons (Fsp3) is 0.308. The van der Waals surface area contributed by atoms with Crippen molar-refractivity contribution in [3.63, 3.8) is 0 Å². The Hall–Kier alpha value is -0.670. The maximum absolute atomic E-state index is 4.46. The van der Waals surface area contributed by atoms with Crippen LogP contribution in [-0.2, 0) is 0 Å². The summed E-state index contributed by atoms with van der Waals surface area (Å²) in [4.78, 5) is 6.72. The third-order valence-electron chi connectivity index (χ3n) is 2.47. The summed E-state index contributed by atoms with van der Waals surface area (Å²) in [5.74, 6) is 1.16. The highest BCUT2D eigenvalue weighted by Gasteiger charge is 2.04. The highest BCUT2D eigenvalue weighted by atomic mass is 32.2. The number of pyridine rings is 1. The van der Waals surface area contributed by atoms with Gasteiger partial charge in [-0.15, -0.1) is 24.4 Å². The maximum atomic E-state index is 4.46. The van der Waals surface area contributed by atoms with Gasteiger partial charge in [0.25, 0.3) is 0 Å². The summed E-state index contributed by atoms with van der Waals surface area (Å²) in [5, 5.41) is 1.15. The van der Waals surface area contributed by atoms with E-state index in [1.165, 1.54) is 17.7 Å². The lowest BCUT2D eigenvalue weighted by Crippen LogP contribution is -1.85. The molecule has 0 saturated carbocycles. The SMILES string of the molecule is CCCCSc1ccc(S)c2cccnc12. The van der Waals surface area contributed by atoms with Gasteiger partial charge in [0.05, 0.1) is 5.52 Å². The van der Waals surface area contributed by atoms with Crippen LogP contribution in [-0.4, -0.2) is 10.7 Å². The number of benzene rings is 1. The van der Waals surface area contributed by atoms with Gasteiger partial charge in [0.1, 0.15) is 0 Å². The molecule has 0 spiro atoms. The van der Waals surface area contributed by atoms with Crippen molar-refractivity contribution in [3.8, 4) is 0 Å². The van der Waals surface area contributed by atoms with Crippen molar-refractivity contribution in [3.05, 3.63) is 30.5 Å². The van der Waals surface area contributed by atoms with E-state index in [9.17, 15) is 0 Å². The Morgan fingerprint density at radius 1 is 1.31 bits per heavy atom. The summed E-state index contributed by atoms with van der Waals surface area (Å²) in [7, 11) is 0. The quantitative estimate of drug-likeness (QED) is 0.489. The zero-order valence-electron chi connectivity index (χ0n) is 9.31. The molecule has 1 nitrogen and oxygen atoms in total. The van der Waals surface area contributed by atoms with Crippen molar-refractivity contribution in [1.82, 2.24) is 4.98 Å². The van der Waals surface area contributed by atoms with E-state index in [4.69, 9.17) is 0 Å². The van der Waals surface area contributed by atoms with Crippen molar-refractivity contribution in [2.45, 2.75) is 29.6 Å². The molecule has 0 amide bonds. The number of thioether (sulfide) groups is 1. The predicted octanol–water partition coefficient (Wildman–Crippen LogP) is 4.42. The molecule has 0 aliphatic carbocycles. The Morgan fingerprint density at radius 3 is 3.00 bits per heavy atom. The smallest absolute Gasteiger partial charge is 0.0848 e. The fourth-order valence-electron chi connectivity index (χ4n) is 1.57. The molecule has 84 valence electrons. The second-order valence-corrected chi connectivity index (χ2v) is 5.30. The zero-order valence-corrected chi connectivity index (χ0v) is 11.0. The van der Waals surface area contributed by atoms with E-state index in [0.717, 1.165) is 21.6 Å². The van der Waals surface area contributed by atoms with Crippen LogP contribution >= 0.6 is 24.4 Å². The van der Waals surface area contributed by atoms with Gasteiger partial charge in [-0.3, -0.25) is 4.98 Å². The molecule has 0 N–H and O–H groups in total. The highest BCUT2D eigenvalue weighted by molar-refractivity contribution is 7.99. The molecule has 0 aliphatic heterocycles. The summed E-state index contributed by atoms with van der Waals surface area (Å²) in [6, 6.07) is 8.22. The van der Waals surface area contributed by atoms with E-state index in [1.807, 2.05) is 24.0 Å². The van der Waals surface area contributed by atoms with E-state index >= 15 is 0 Å². The molecular formula is C13H15NS2. The number of thiol groups is 1. The normalized spacial score (nSPS) is 10.9. The lowest BCUT2D eigenvalue weighted by molar-refractivity contribution is 0.896. The van der Waals surface area contributed by atoms with Gasteiger partial charge in [-0.2, -0.15) is 0 Å². The van der Waals surface area contributed by atoms with Gasteiger partial charge < -0.3 is 0 Å². The first kappa shape index (κ1) is 11.8. The van der Waals surface area contributed by atoms with E-state index in [-0.39, 0.29) is 0 Å². The van der Waals surface area contributed by atoms with Crippen LogP contribution in [0.25, 0.3) is 10.9 Å². The van der Waals surface area contributed by atoms with Gasteiger partial charge in [0.2, 0.25) is 0 Å². The first-order valence-electron chi connectivity index (χ1n) is 5.52. The Kier molecular flexibility index (Phi) is 4.13. The van der Waals surface area contributed by atoms with Crippen molar-refractivity contribution in [1.29, 1.82) is 0 Å². The molecule has 0 fully saturated rings. The molecule has 16 heavy (non-hydrogen) atoms. The van der Waals surface area contributed by atoms with Crippen LogP contribution in [0.1, 0.15) is 19.8 Å². The van der Waals surface area contributed by atoms with E-state index in [0.29, 0.717) is 0 Å². The van der Waals surface area contributed by atoms with Crippen LogP contribution in [0.4, 0.5) is 0 Å². The third-order valence-corrected chi connectivity index (χ3v) is 3.99. The molecule has 0 aliphatic rings. The lowest BCUT2D eigenvalue weighted by atomic mass is 10.2. The number of nitrogens with zero attached hydrogens (tertiary/aromatic N) is 1. The molecule has 3 heteroatoms. The standard InChI is InChI=1S/C13H15NS2/c1-2-3-9-16-12-7-6-11(15)10-5-4-8-14-13(10)12/h4-8,15H,2-3,9H2,1H3. The molecule has 2 rings (SSSR count). The van der Waals surface area contributed by atoms with Crippen LogP contribution in [0.5, 0.6) is 0 Å². The van der Waals surface area contributed by atoms with Gasteiger partial charge in [-0.25, -0.2) is 0 Å². The van der Waals surface area contributed by atoms with Crippen LogP contribution in [0.2, 0.25) is 0 Å². The van der Waals surface area contributed by atoms with Crippen molar-refractivity contribution in [2.24, 2.45) is 0 Å². The molecular weight excluding hydrogens is 234 g/mol. The number of hydrogen-bond donors (Lipinski definition) is 1. The molecule has 0 atom stereocenters. The summed E-state index contributed by atoms with van der Waals surface area (Å²) in [6.07, 6.45) is 4.34. The number of unbranched alkanes of at least 4 members (excludes halogenated alkanes) is 1. The molecule has 0 bridgehead atoms. The Bertz CT molecular complexity index is 482. The average Bonchev–Trinajstić information content (AvgIpc) is 2.33. The molecule has 2 aromatic rings. The van der Waals surface area contributed by atoms with Gasteiger partial charge in [0.15, 0.2) is 0 Å². The number of rotatable bonds is 4. The van der Waals surface area contributed by atoms with Crippen LogP contribution in [0.15, 0.2) is 40.3 Å². The minimum Gasteiger partial charge on any atom is -0.255 e. The van der Waals surface area contributed by atoms with Gasteiger partial charge >= 0.3 is 0 Å². The number of fused-ring (bicyclic) bond motifs is 1. The molecule has 0 unspecified atom stereocenters. The number of aromatic nitrogens is 1. The summed E-state index contributed by atoms with van der Waals surface area (Å²) < 4.78 is 0. The van der Waals surface area contributed by atoms with E-state index in [1.54, 1.807) is 0 Å². The average molecular weight is 249 g/mol. The van der Waals surface area contributed by atoms with Gasteiger partial charge in [-0.1, -0.05) is 19.4 Å². The van der Waals surface area contributed by atoms with Crippen molar-refractivity contribution >= 4 is 35.3 Å². The second kappa shape index (κ2) is 5.60. The van der Waals surface area contributed by atoms with Crippen LogP contribution < -0.4 is 0 Å². The summed E-state index contributed by atoms with van der Waals surface area (Å²) in [5.41, 5.74) is 1.08. The monoisotopic (exact) mass is 249 g/mol. The Morgan fingerprint density at radius 2 is 2.19 bits per heavy atom. The minimum atomic E-state index is 1.00. The predicted molar refractivity (Wildman–Crippen MR) is 74.6 cm³/mol. The van der Waals surface area contributed by atoms with Gasteiger partial charge in [0, 0.05) is 21.4 Å². The second-order valence-electron chi connectivity index (χ2n) is 3.68. The molecule has 0 saturated heterocycles. The molecule has 1 heterocycles. The van der Waals surface area contributed by atoms with E-state index < -0.39 is 0 Å².